The molecule has 0 radical (unpaired) electrons. The molecule has 2 aromatic rings. The smallest absolute Gasteiger partial charge is 0.213 e. The normalized spacial score (nSPS) is 12.8. The summed E-state index contributed by atoms with van der Waals surface area (Å²) >= 11 is 12.4. The van der Waals surface area contributed by atoms with E-state index in [4.69, 9.17) is 23.2 Å². The van der Waals surface area contributed by atoms with E-state index in [0.717, 1.165) is 5.02 Å². The van der Waals surface area contributed by atoms with E-state index < -0.39 is 0 Å². The van der Waals surface area contributed by atoms with Crippen molar-refractivity contribution in [3.8, 4) is 0 Å². The molecule has 6 heteroatoms. The Hall–Kier alpha value is 1.32. The minimum Gasteiger partial charge on any atom is -0.213 e. The summed E-state index contributed by atoms with van der Waals surface area (Å²) in [5.74, 6) is 0. The fourth-order valence-electron chi connectivity index (χ4n) is 4.62. The number of rotatable bonds is 2. The Labute approximate surface area is 235 Å². The van der Waals surface area contributed by atoms with Crippen LogP contribution in [0.5, 0.6) is 0 Å². The van der Waals surface area contributed by atoms with Crippen LogP contribution in [0, 0.1) is 0 Å². The predicted octanol–water partition coefficient (Wildman–Crippen LogP) is 9.52. The first-order valence-electron chi connectivity index (χ1n) is 10.7. The number of halogens is 2. The van der Waals surface area contributed by atoms with Gasteiger partial charge in [-0.3, -0.25) is 0 Å². The molecular weight excluding hydrogens is 607 g/mol. The van der Waals surface area contributed by atoms with Crippen LogP contribution in [-0.4, -0.2) is 20.6 Å². The molecule has 0 unspecified atom stereocenters. The molecule has 0 atom stereocenters. The van der Waals surface area contributed by atoms with Crippen molar-refractivity contribution in [2.75, 3.05) is 0 Å². The van der Waals surface area contributed by atoms with Gasteiger partial charge in [0.1, 0.15) is 0 Å². The van der Waals surface area contributed by atoms with Crippen molar-refractivity contribution >= 4 is 49.7 Å². The average Bonchev–Trinajstić information content (AvgIpc) is 3.08. The van der Waals surface area contributed by atoms with Crippen molar-refractivity contribution in [1.82, 2.24) is 0 Å². The van der Waals surface area contributed by atoms with E-state index in [9.17, 15) is 0 Å². The maximum Gasteiger partial charge on any atom is 2.00 e. The topological polar surface area (TPSA) is 0 Å². The first-order valence-corrected chi connectivity index (χ1v) is 14.1. The second-order valence-electron chi connectivity index (χ2n) is 11.9. The van der Waals surface area contributed by atoms with Gasteiger partial charge in [0, 0.05) is 0 Å². The summed E-state index contributed by atoms with van der Waals surface area (Å²) in [4.78, 5) is 0. The zero-order chi connectivity index (χ0) is 23.7. The molecule has 2 aromatic carbocycles. The van der Waals surface area contributed by atoms with Crippen molar-refractivity contribution < 1.29 is 37.5 Å². The summed E-state index contributed by atoms with van der Waals surface area (Å²) in [5.41, 5.74) is 0. The van der Waals surface area contributed by atoms with Gasteiger partial charge in [0.25, 0.3) is 0 Å². The predicted molar refractivity (Wildman–Crippen MR) is 146 cm³/mol. The van der Waals surface area contributed by atoms with Gasteiger partial charge in [0.05, 0.1) is 0 Å². The molecule has 0 aliphatic carbocycles. The quantitative estimate of drug-likeness (QED) is 0.173. The van der Waals surface area contributed by atoms with Crippen molar-refractivity contribution in [3.63, 3.8) is 0 Å². The Morgan fingerprint density at radius 3 is 1.44 bits per heavy atom. The molecule has 0 saturated heterocycles. The molecule has 0 aromatic heterocycles. The Bertz CT molecular complexity index is 758. The van der Waals surface area contributed by atoms with Gasteiger partial charge in [-0.05, 0) is 20.6 Å². The summed E-state index contributed by atoms with van der Waals surface area (Å²) in [6, 6.07) is 12.9. The van der Waals surface area contributed by atoms with Crippen LogP contribution < -0.4 is 10.6 Å². The van der Waals surface area contributed by atoms with Gasteiger partial charge in [-0.2, -0.15) is 35.9 Å². The molecule has 2 rings (SSSR count). The fourth-order valence-corrected chi connectivity index (χ4v) is 13.3. The van der Waals surface area contributed by atoms with Crippen LogP contribution in [0.4, 0.5) is 0 Å². The molecular formula is C26H42Cl2FeP2Pd+2. The SMILES string of the molecule is CC(C)(C)P([c-]1ccc(Cl)c1Cl)C(C)(C)C.CC(C)(C)P(c1ccc[cH-]1)C(C)(C)C.[Fe+2].[Pd+2]. The zero-order valence-corrected chi connectivity index (χ0v) is 27.7. The second-order valence-corrected chi connectivity index (χ2v) is 20.4. The number of hydrogen-bond acceptors (Lipinski definition) is 0. The summed E-state index contributed by atoms with van der Waals surface area (Å²) < 4.78 is 0. The van der Waals surface area contributed by atoms with E-state index in [0.29, 0.717) is 15.3 Å². The van der Waals surface area contributed by atoms with E-state index >= 15 is 0 Å². The molecule has 0 fully saturated rings. The molecule has 0 spiro atoms. The van der Waals surface area contributed by atoms with Crippen molar-refractivity contribution in [2.45, 2.75) is 104 Å². The van der Waals surface area contributed by atoms with Gasteiger partial charge < -0.3 is 0 Å². The molecule has 0 saturated carbocycles. The third-order valence-electron chi connectivity index (χ3n) is 4.65. The molecule has 186 valence electrons. The van der Waals surface area contributed by atoms with Crippen molar-refractivity contribution in [3.05, 3.63) is 46.4 Å². The van der Waals surface area contributed by atoms with E-state index in [1.807, 2.05) is 6.07 Å². The first kappa shape index (κ1) is 35.5. The van der Waals surface area contributed by atoms with Gasteiger partial charge in [-0.15, -0.1) is 30.1 Å². The van der Waals surface area contributed by atoms with Crippen LogP contribution in [0.15, 0.2) is 36.4 Å². The molecule has 0 nitrogen and oxygen atoms in total. The summed E-state index contributed by atoms with van der Waals surface area (Å²) in [7, 11) is -0.455. The molecule has 0 amide bonds. The van der Waals surface area contributed by atoms with Gasteiger partial charge >= 0.3 is 37.5 Å². The van der Waals surface area contributed by atoms with Crippen LogP contribution in [0.2, 0.25) is 10.0 Å². The Morgan fingerprint density at radius 2 is 1.19 bits per heavy atom. The van der Waals surface area contributed by atoms with Crippen LogP contribution >= 0.6 is 39.0 Å². The average molecular weight is 650 g/mol. The second kappa shape index (κ2) is 13.0. The summed E-state index contributed by atoms with van der Waals surface area (Å²) in [5, 5.41) is 5.45. The standard InChI is InChI=1S/C13H20Cl2P.C13H22P.Fe.Pd/c1-12(2,3)16(13(4,5)6)10-8-7-9(14)11(10)15;1-12(2,3)14(13(4,5)6)11-9-7-8-10-11;;/h7-8H,1-6H3;7-10H,1-6H3;;/q2*-1;2*+2. The van der Waals surface area contributed by atoms with E-state index in [2.05, 4.69) is 113 Å². The molecule has 32 heavy (non-hydrogen) atoms. The van der Waals surface area contributed by atoms with Gasteiger partial charge in [-0.25, -0.2) is 12.1 Å². The number of hydrogen-bond donors (Lipinski definition) is 0. The van der Waals surface area contributed by atoms with Crippen molar-refractivity contribution in [1.29, 1.82) is 0 Å². The third-order valence-corrected chi connectivity index (χ3v) is 12.6. The minimum absolute atomic E-state index is 0. The van der Waals surface area contributed by atoms with Crippen LogP contribution in [0.1, 0.15) is 83.1 Å². The monoisotopic (exact) mass is 648 g/mol. The summed E-state index contributed by atoms with van der Waals surface area (Å²) in [6.07, 6.45) is 0. The van der Waals surface area contributed by atoms with Crippen molar-refractivity contribution in [2.24, 2.45) is 0 Å². The van der Waals surface area contributed by atoms with Crippen LogP contribution in [0.25, 0.3) is 0 Å². The summed E-state index contributed by atoms with van der Waals surface area (Å²) in [6.45, 7) is 27.8. The zero-order valence-electron chi connectivity index (χ0n) is 21.8. The Balaban J connectivity index is 0. The Kier molecular flexibility index (Phi) is 14.5. The molecule has 0 bridgehead atoms. The van der Waals surface area contributed by atoms with Gasteiger partial charge in [0.15, 0.2) is 0 Å². The van der Waals surface area contributed by atoms with Gasteiger partial charge in [0.2, 0.25) is 0 Å². The van der Waals surface area contributed by atoms with Crippen LogP contribution in [0.3, 0.4) is 0 Å². The van der Waals surface area contributed by atoms with Gasteiger partial charge in [-0.1, -0.05) is 101 Å². The largest absolute Gasteiger partial charge is 2.00 e. The van der Waals surface area contributed by atoms with E-state index in [-0.39, 0.29) is 63.6 Å². The van der Waals surface area contributed by atoms with E-state index in [1.165, 1.54) is 5.30 Å². The van der Waals surface area contributed by atoms with Crippen LogP contribution in [-0.2, 0) is 37.5 Å². The molecule has 0 aliphatic heterocycles. The Morgan fingerprint density at radius 1 is 0.750 bits per heavy atom. The molecule has 0 heterocycles. The molecule has 0 N–H and O–H groups in total. The maximum atomic E-state index is 6.30. The fraction of sp³-hybridized carbons (Fsp3) is 0.615. The minimum atomic E-state index is -0.354. The third kappa shape index (κ3) is 10.1. The van der Waals surface area contributed by atoms with E-state index in [1.54, 1.807) is 5.30 Å². The molecule has 0 aliphatic rings. The first-order chi connectivity index (χ1) is 13.3. The maximum absolute atomic E-state index is 6.30.